The van der Waals surface area contributed by atoms with Crippen molar-refractivity contribution in [3.63, 3.8) is 0 Å². The lowest BCUT2D eigenvalue weighted by molar-refractivity contribution is 0.392. The van der Waals surface area contributed by atoms with E-state index in [4.69, 9.17) is 9.72 Å². The van der Waals surface area contributed by atoms with Crippen molar-refractivity contribution in [1.82, 2.24) is 15.2 Å². The number of thiazole rings is 1. The van der Waals surface area contributed by atoms with Crippen LogP contribution in [0.25, 0.3) is 22.5 Å². The Morgan fingerprint density at radius 2 is 1.83 bits per heavy atom. The molecule has 2 heterocycles. The van der Waals surface area contributed by atoms with E-state index < -0.39 is 0 Å². The second-order valence-electron chi connectivity index (χ2n) is 5.46. The van der Waals surface area contributed by atoms with Gasteiger partial charge in [0.2, 0.25) is 5.88 Å². The van der Waals surface area contributed by atoms with Crippen molar-refractivity contribution >= 4 is 16.5 Å². The molecule has 1 saturated carbocycles. The minimum atomic E-state index is 0.510. The number of nitrogens with one attached hydrogen (secondary N) is 1. The van der Waals surface area contributed by atoms with Crippen molar-refractivity contribution < 1.29 is 4.74 Å². The summed E-state index contributed by atoms with van der Waals surface area (Å²) in [5, 5.41) is 14.8. The Labute approximate surface area is 138 Å². The van der Waals surface area contributed by atoms with Gasteiger partial charge in [-0.3, -0.25) is 0 Å². The fourth-order valence-electron chi connectivity index (χ4n) is 2.37. The third-order valence-electron chi connectivity index (χ3n) is 3.74. The number of methoxy groups -OCH3 is 1. The lowest BCUT2D eigenvalue weighted by atomic mass is 10.0. The number of anilines is 1. The van der Waals surface area contributed by atoms with Gasteiger partial charge in [-0.1, -0.05) is 24.3 Å². The van der Waals surface area contributed by atoms with Crippen molar-refractivity contribution in [3.05, 3.63) is 41.8 Å². The summed E-state index contributed by atoms with van der Waals surface area (Å²) in [4.78, 5) is 4.72. The zero-order valence-electron chi connectivity index (χ0n) is 12.7. The Morgan fingerprint density at radius 1 is 1.04 bits per heavy atom. The topological polar surface area (TPSA) is 59.9 Å². The van der Waals surface area contributed by atoms with Crippen LogP contribution in [0.2, 0.25) is 0 Å². The van der Waals surface area contributed by atoms with Gasteiger partial charge in [-0.05, 0) is 18.9 Å². The van der Waals surface area contributed by atoms with E-state index in [-0.39, 0.29) is 0 Å². The van der Waals surface area contributed by atoms with Crippen molar-refractivity contribution in [2.24, 2.45) is 0 Å². The minimum Gasteiger partial charge on any atom is -0.480 e. The molecule has 0 unspecified atom stereocenters. The maximum atomic E-state index is 5.07. The van der Waals surface area contributed by atoms with Gasteiger partial charge in [0, 0.05) is 28.6 Å². The molecule has 0 spiro atoms. The first kappa shape index (κ1) is 14.1. The van der Waals surface area contributed by atoms with Gasteiger partial charge >= 0.3 is 0 Å². The standard InChI is InChI=1S/C17H16N4OS/c1-22-16-9-8-14(20-21-16)12-4-2-3-5-13(12)15-10-23-17(19-15)18-11-6-7-11/h2-5,8-11H,6-7H2,1H3,(H,18,19). The highest BCUT2D eigenvalue weighted by Gasteiger charge is 2.22. The zero-order valence-corrected chi connectivity index (χ0v) is 13.5. The second kappa shape index (κ2) is 5.96. The van der Waals surface area contributed by atoms with Crippen LogP contribution in [0.4, 0.5) is 5.13 Å². The van der Waals surface area contributed by atoms with E-state index in [9.17, 15) is 0 Å². The first-order chi connectivity index (χ1) is 11.3. The molecule has 1 aliphatic rings. The molecule has 6 heteroatoms. The maximum absolute atomic E-state index is 5.07. The summed E-state index contributed by atoms with van der Waals surface area (Å²) in [5.41, 5.74) is 3.86. The number of hydrogen-bond donors (Lipinski definition) is 1. The van der Waals surface area contributed by atoms with Crippen LogP contribution >= 0.6 is 11.3 Å². The molecule has 0 radical (unpaired) electrons. The van der Waals surface area contributed by atoms with E-state index >= 15 is 0 Å². The quantitative estimate of drug-likeness (QED) is 0.772. The molecule has 1 aliphatic carbocycles. The molecule has 0 aliphatic heterocycles. The molecule has 116 valence electrons. The first-order valence-electron chi connectivity index (χ1n) is 7.53. The molecule has 0 amide bonds. The van der Waals surface area contributed by atoms with Crippen molar-refractivity contribution in [1.29, 1.82) is 0 Å². The van der Waals surface area contributed by atoms with Crippen LogP contribution in [0.5, 0.6) is 5.88 Å². The van der Waals surface area contributed by atoms with Crippen LogP contribution in [0.3, 0.4) is 0 Å². The SMILES string of the molecule is COc1ccc(-c2ccccc2-c2csc(NC3CC3)n2)nn1. The Hall–Kier alpha value is -2.47. The lowest BCUT2D eigenvalue weighted by Crippen LogP contribution is -1.99. The highest BCUT2D eigenvalue weighted by Crippen LogP contribution is 2.34. The molecule has 0 bridgehead atoms. The molecule has 0 saturated heterocycles. The van der Waals surface area contributed by atoms with Crippen LogP contribution in [-0.2, 0) is 0 Å². The summed E-state index contributed by atoms with van der Waals surface area (Å²) in [5.74, 6) is 0.510. The summed E-state index contributed by atoms with van der Waals surface area (Å²) in [7, 11) is 1.58. The van der Waals surface area contributed by atoms with Crippen molar-refractivity contribution in [2.45, 2.75) is 18.9 Å². The molecule has 23 heavy (non-hydrogen) atoms. The third-order valence-corrected chi connectivity index (χ3v) is 4.51. The highest BCUT2D eigenvalue weighted by atomic mass is 32.1. The Morgan fingerprint density at radius 3 is 2.48 bits per heavy atom. The third kappa shape index (κ3) is 3.03. The molecular weight excluding hydrogens is 308 g/mol. The highest BCUT2D eigenvalue weighted by molar-refractivity contribution is 7.14. The van der Waals surface area contributed by atoms with E-state index in [1.807, 2.05) is 30.3 Å². The fourth-order valence-corrected chi connectivity index (χ4v) is 3.16. The van der Waals surface area contributed by atoms with Crippen molar-refractivity contribution in [2.75, 3.05) is 12.4 Å². The van der Waals surface area contributed by atoms with Crippen LogP contribution in [0, 0.1) is 0 Å². The van der Waals surface area contributed by atoms with Crippen LogP contribution in [0.15, 0.2) is 41.8 Å². The van der Waals surface area contributed by atoms with Crippen LogP contribution < -0.4 is 10.1 Å². The molecule has 5 nitrogen and oxygen atoms in total. The van der Waals surface area contributed by atoms with E-state index in [1.165, 1.54) is 12.8 Å². The lowest BCUT2D eigenvalue weighted by Gasteiger charge is -2.07. The number of rotatable bonds is 5. The molecule has 1 aromatic carbocycles. The summed E-state index contributed by atoms with van der Waals surface area (Å²) < 4.78 is 5.07. The largest absolute Gasteiger partial charge is 0.480 e. The average molecular weight is 324 g/mol. The number of nitrogens with zero attached hydrogens (tertiary/aromatic N) is 3. The monoisotopic (exact) mass is 324 g/mol. The van der Waals surface area contributed by atoms with Crippen LogP contribution in [0.1, 0.15) is 12.8 Å². The molecular formula is C17H16N4OS. The van der Waals surface area contributed by atoms with Gasteiger partial charge in [0.15, 0.2) is 5.13 Å². The van der Waals surface area contributed by atoms with E-state index in [2.05, 4.69) is 27.0 Å². The smallest absolute Gasteiger partial charge is 0.233 e. The Kier molecular flexibility index (Phi) is 3.67. The van der Waals surface area contributed by atoms with Gasteiger partial charge in [0.25, 0.3) is 0 Å². The fraction of sp³-hybridized carbons (Fsp3) is 0.235. The van der Waals surface area contributed by atoms with Gasteiger partial charge < -0.3 is 10.1 Å². The Bertz CT molecular complexity index is 811. The van der Waals surface area contributed by atoms with Gasteiger partial charge in [-0.15, -0.1) is 21.5 Å². The van der Waals surface area contributed by atoms with Crippen LogP contribution in [-0.4, -0.2) is 28.3 Å². The molecule has 4 rings (SSSR count). The van der Waals surface area contributed by atoms with Gasteiger partial charge in [0.1, 0.15) is 0 Å². The van der Waals surface area contributed by atoms with E-state index in [0.29, 0.717) is 11.9 Å². The minimum absolute atomic E-state index is 0.510. The summed E-state index contributed by atoms with van der Waals surface area (Å²) in [6, 6.07) is 12.5. The predicted octanol–water partition coefficient (Wildman–Crippen LogP) is 3.85. The normalized spacial score (nSPS) is 13.8. The predicted molar refractivity (Wildman–Crippen MR) is 91.8 cm³/mol. The van der Waals surface area contributed by atoms with E-state index in [0.717, 1.165) is 27.6 Å². The molecule has 0 atom stereocenters. The van der Waals surface area contributed by atoms with Gasteiger partial charge in [-0.25, -0.2) is 4.98 Å². The van der Waals surface area contributed by atoms with Crippen molar-refractivity contribution in [3.8, 4) is 28.4 Å². The number of aromatic nitrogens is 3. The number of benzene rings is 1. The Balaban J connectivity index is 1.69. The summed E-state index contributed by atoms with van der Waals surface area (Å²) in [6.45, 7) is 0. The molecule has 1 N–H and O–H groups in total. The maximum Gasteiger partial charge on any atom is 0.233 e. The average Bonchev–Trinajstić information content (AvgIpc) is 3.30. The summed E-state index contributed by atoms with van der Waals surface area (Å²) >= 11 is 1.64. The number of ether oxygens (including phenoxy) is 1. The molecule has 2 aromatic heterocycles. The van der Waals surface area contributed by atoms with Gasteiger partial charge in [-0.2, -0.15) is 0 Å². The first-order valence-corrected chi connectivity index (χ1v) is 8.41. The number of hydrogen-bond acceptors (Lipinski definition) is 6. The zero-order chi connectivity index (χ0) is 15.6. The summed E-state index contributed by atoms with van der Waals surface area (Å²) in [6.07, 6.45) is 2.49. The second-order valence-corrected chi connectivity index (χ2v) is 6.32. The van der Waals surface area contributed by atoms with E-state index in [1.54, 1.807) is 18.4 Å². The van der Waals surface area contributed by atoms with Gasteiger partial charge in [0.05, 0.1) is 18.5 Å². The molecule has 1 fully saturated rings. The molecule has 3 aromatic rings.